The molecule has 2 rings (SSSR count). The van der Waals surface area contributed by atoms with Gasteiger partial charge in [-0.3, -0.25) is 0 Å². The molecule has 18 heavy (non-hydrogen) atoms. The second-order valence-electron chi connectivity index (χ2n) is 4.06. The average Bonchev–Trinajstić information content (AvgIpc) is 2.66. The van der Waals surface area contributed by atoms with Crippen molar-refractivity contribution < 1.29 is 0 Å². The van der Waals surface area contributed by atoms with Crippen LogP contribution in [0.3, 0.4) is 0 Å². The first-order chi connectivity index (χ1) is 8.61. The van der Waals surface area contributed by atoms with Crippen molar-refractivity contribution in [1.82, 2.24) is 4.98 Å². The van der Waals surface area contributed by atoms with E-state index in [9.17, 15) is 0 Å². The van der Waals surface area contributed by atoms with Crippen molar-refractivity contribution in [2.75, 3.05) is 5.73 Å². The minimum absolute atomic E-state index is 0.645. The van der Waals surface area contributed by atoms with E-state index in [2.05, 4.69) is 33.9 Å². The third-order valence-corrected chi connectivity index (χ3v) is 5.07. The molecule has 1 heterocycles. The standard InChI is InChI=1S/C13H14BrClN2S/c1-2-4-10-11(18-13(16)17-10)7-8-5-3-6-9(15)12(8)14/h3,5-6H,2,4,7H2,1H3,(H2,16,17). The largest absolute Gasteiger partial charge is 0.375 e. The highest BCUT2D eigenvalue weighted by atomic mass is 79.9. The molecule has 0 radical (unpaired) electrons. The lowest BCUT2D eigenvalue weighted by atomic mass is 10.1. The number of benzene rings is 1. The van der Waals surface area contributed by atoms with E-state index in [-0.39, 0.29) is 0 Å². The maximum absolute atomic E-state index is 6.10. The second kappa shape index (κ2) is 6.04. The van der Waals surface area contributed by atoms with Crippen molar-refractivity contribution in [2.45, 2.75) is 26.2 Å². The highest BCUT2D eigenvalue weighted by Gasteiger charge is 2.12. The Hall–Kier alpha value is -0.580. The van der Waals surface area contributed by atoms with Gasteiger partial charge in [-0.25, -0.2) is 4.98 Å². The molecule has 96 valence electrons. The molecule has 0 saturated carbocycles. The van der Waals surface area contributed by atoms with Crippen LogP contribution in [0.1, 0.15) is 29.5 Å². The number of aromatic nitrogens is 1. The molecule has 0 saturated heterocycles. The van der Waals surface area contributed by atoms with Crippen LogP contribution >= 0.6 is 38.9 Å². The fourth-order valence-electron chi connectivity index (χ4n) is 1.83. The monoisotopic (exact) mass is 344 g/mol. The van der Waals surface area contributed by atoms with Crippen LogP contribution in [0.4, 0.5) is 5.13 Å². The minimum Gasteiger partial charge on any atom is -0.375 e. The zero-order valence-electron chi connectivity index (χ0n) is 10.0. The van der Waals surface area contributed by atoms with Crippen molar-refractivity contribution in [1.29, 1.82) is 0 Å². The molecule has 0 atom stereocenters. The van der Waals surface area contributed by atoms with E-state index in [1.165, 1.54) is 10.4 Å². The Morgan fingerprint density at radius 1 is 1.44 bits per heavy atom. The van der Waals surface area contributed by atoms with E-state index >= 15 is 0 Å². The van der Waals surface area contributed by atoms with Crippen LogP contribution in [0.15, 0.2) is 22.7 Å². The summed E-state index contributed by atoms with van der Waals surface area (Å²) >= 11 is 11.2. The highest BCUT2D eigenvalue weighted by molar-refractivity contribution is 9.10. The number of thiazole rings is 1. The Morgan fingerprint density at radius 3 is 2.94 bits per heavy atom. The molecule has 0 aliphatic heterocycles. The van der Waals surface area contributed by atoms with Gasteiger partial charge in [0.25, 0.3) is 0 Å². The van der Waals surface area contributed by atoms with Crippen LogP contribution < -0.4 is 5.73 Å². The number of hydrogen-bond acceptors (Lipinski definition) is 3. The molecule has 2 aromatic rings. The number of nitrogens with two attached hydrogens (primary N) is 1. The van der Waals surface area contributed by atoms with Gasteiger partial charge < -0.3 is 5.73 Å². The number of nitrogens with zero attached hydrogens (tertiary/aromatic N) is 1. The van der Waals surface area contributed by atoms with E-state index in [1.54, 1.807) is 11.3 Å². The number of halogens is 2. The summed E-state index contributed by atoms with van der Waals surface area (Å²) in [6.45, 7) is 2.15. The Morgan fingerprint density at radius 2 is 2.22 bits per heavy atom. The van der Waals surface area contributed by atoms with Crippen LogP contribution in [0, 0.1) is 0 Å². The van der Waals surface area contributed by atoms with Crippen molar-refractivity contribution in [3.05, 3.63) is 43.8 Å². The zero-order chi connectivity index (χ0) is 13.1. The van der Waals surface area contributed by atoms with Crippen LogP contribution in [-0.2, 0) is 12.8 Å². The number of anilines is 1. The van der Waals surface area contributed by atoms with Gasteiger partial charge in [-0.2, -0.15) is 0 Å². The highest BCUT2D eigenvalue weighted by Crippen LogP contribution is 2.31. The third kappa shape index (κ3) is 3.05. The quantitative estimate of drug-likeness (QED) is 0.873. The van der Waals surface area contributed by atoms with Crippen molar-refractivity contribution >= 4 is 44.0 Å². The summed E-state index contributed by atoms with van der Waals surface area (Å²) in [4.78, 5) is 5.63. The summed E-state index contributed by atoms with van der Waals surface area (Å²) in [7, 11) is 0. The fourth-order valence-corrected chi connectivity index (χ4v) is 3.33. The van der Waals surface area contributed by atoms with Crippen LogP contribution in [0.25, 0.3) is 0 Å². The lowest BCUT2D eigenvalue weighted by Gasteiger charge is -2.05. The van der Waals surface area contributed by atoms with E-state index in [4.69, 9.17) is 17.3 Å². The first-order valence-corrected chi connectivity index (χ1v) is 7.77. The first kappa shape index (κ1) is 13.8. The number of rotatable bonds is 4. The summed E-state index contributed by atoms with van der Waals surface area (Å²) in [5.41, 5.74) is 8.09. The maximum Gasteiger partial charge on any atom is 0.180 e. The molecule has 0 fully saturated rings. The van der Waals surface area contributed by atoms with E-state index in [0.29, 0.717) is 5.13 Å². The van der Waals surface area contributed by atoms with Gasteiger partial charge in [0.05, 0.1) is 10.7 Å². The molecule has 5 heteroatoms. The lowest BCUT2D eigenvalue weighted by molar-refractivity contribution is 0.879. The molecular formula is C13H14BrClN2S. The molecule has 0 aliphatic rings. The Balaban J connectivity index is 2.30. The van der Waals surface area contributed by atoms with E-state index < -0.39 is 0 Å². The number of hydrogen-bond donors (Lipinski definition) is 1. The molecular weight excluding hydrogens is 332 g/mol. The average molecular weight is 346 g/mol. The number of nitrogen functional groups attached to an aromatic ring is 1. The zero-order valence-corrected chi connectivity index (χ0v) is 13.2. The van der Waals surface area contributed by atoms with Gasteiger partial charge in [0.2, 0.25) is 0 Å². The molecule has 0 bridgehead atoms. The molecule has 1 aromatic heterocycles. The van der Waals surface area contributed by atoms with Gasteiger partial charge in [0.1, 0.15) is 0 Å². The van der Waals surface area contributed by atoms with Crippen molar-refractivity contribution in [3.8, 4) is 0 Å². The molecule has 0 spiro atoms. The van der Waals surface area contributed by atoms with E-state index in [0.717, 1.165) is 34.5 Å². The Kier molecular flexibility index (Phi) is 4.65. The lowest BCUT2D eigenvalue weighted by Crippen LogP contribution is -1.94. The van der Waals surface area contributed by atoms with Crippen LogP contribution in [0.5, 0.6) is 0 Å². The van der Waals surface area contributed by atoms with Crippen LogP contribution in [0.2, 0.25) is 5.02 Å². The normalized spacial score (nSPS) is 10.8. The minimum atomic E-state index is 0.645. The Bertz CT molecular complexity index is 554. The van der Waals surface area contributed by atoms with Gasteiger partial charge in [-0.1, -0.05) is 37.1 Å². The molecule has 0 aliphatic carbocycles. The van der Waals surface area contributed by atoms with Gasteiger partial charge >= 0.3 is 0 Å². The smallest absolute Gasteiger partial charge is 0.180 e. The van der Waals surface area contributed by atoms with E-state index in [1.807, 2.05) is 12.1 Å². The van der Waals surface area contributed by atoms with Gasteiger partial charge in [-0.15, -0.1) is 11.3 Å². The second-order valence-corrected chi connectivity index (χ2v) is 6.38. The molecule has 1 aromatic carbocycles. The van der Waals surface area contributed by atoms with Gasteiger partial charge in [0, 0.05) is 15.8 Å². The van der Waals surface area contributed by atoms with Crippen molar-refractivity contribution in [3.63, 3.8) is 0 Å². The van der Waals surface area contributed by atoms with Crippen molar-refractivity contribution in [2.24, 2.45) is 0 Å². The first-order valence-electron chi connectivity index (χ1n) is 5.78. The predicted molar refractivity (Wildman–Crippen MR) is 82.5 cm³/mol. The molecule has 0 unspecified atom stereocenters. The summed E-state index contributed by atoms with van der Waals surface area (Å²) in [5.74, 6) is 0. The molecule has 0 amide bonds. The summed E-state index contributed by atoms with van der Waals surface area (Å²) in [6.07, 6.45) is 2.87. The molecule has 2 nitrogen and oxygen atoms in total. The predicted octanol–water partition coefficient (Wildman–Crippen LogP) is 4.68. The maximum atomic E-state index is 6.10. The van der Waals surface area contributed by atoms with Gasteiger partial charge in [0.15, 0.2) is 5.13 Å². The molecule has 2 N–H and O–H groups in total. The summed E-state index contributed by atoms with van der Waals surface area (Å²) in [6, 6.07) is 5.91. The van der Waals surface area contributed by atoms with Gasteiger partial charge in [-0.05, 0) is 34.0 Å². The third-order valence-electron chi connectivity index (χ3n) is 2.66. The Labute approximate surface area is 124 Å². The topological polar surface area (TPSA) is 38.9 Å². The summed E-state index contributed by atoms with van der Waals surface area (Å²) < 4.78 is 0.959. The summed E-state index contributed by atoms with van der Waals surface area (Å²) in [5, 5.41) is 1.38. The fraction of sp³-hybridized carbons (Fsp3) is 0.308. The number of aryl methyl sites for hydroxylation is 1. The van der Waals surface area contributed by atoms with Crippen LogP contribution in [-0.4, -0.2) is 4.98 Å². The SMILES string of the molecule is CCCc1nc(N)sc1Cc1cccc(Cl)c1Br.